The number of rotatable bonds is 5. The van der Waals surface area contributed by atoms with Gasteiger partial charge in [-0.05, 0) is 31.2 Å². The third-order valence-corrected chi connectivity index (χ3v) is 3.85. The minimum atomic E-state index is 0.750. The average Bonchev–Trinajstić information content (AvgIpc) is 2.44. The standard InChI is InChI=1S/C16H26N2O/c1-3-8-19-16-10-14(17)9-15(11-16)18-7-5-6-13(4-2)12-18/h9-11,13H,3-8,12,17H2,1-2H3. The van der Waals surface area contributed by atoms with Crippen LogP contribution in [-0.2, 0) is 0 Å². The van der Waals surface area contributed by atoms with Crippen LogP contribution in [0.4, 0.5) is 11.4 Å². The molecule has 3 nitrogen and oxygen atoms in total. The molecule has 0 amide bonds. The number of anilines is 2. The Bertz CT molecular complexity index is 406. The van der Waals surface area contributed by atoms with Gasteiger partial charge in [-0.1, -0.05) is 20.3 Å². The zero-order chi connectivity index (χ0) is 13.7. The van der Waals surface area contributed by atoms with E-state index in [1.807, 2.05) is 6.07 Å². The summed E-state index contributed by atoms with van der Waals surface area (Å²) in [6.45, 7) is 7.42. The largest absolute Gasteiger partial charge is 0.493 e. The van der Waals surface area contributed by atoms with E-state index in [-0.39, 0.29) is 0 Å². The van der Waals surface area contributed by atoms with Crippen molar-refractivity contribution in [3.63, 3.8) is 0 Å². The molecule has 3 heteroatoms. The Balaban J connectivity index is 2.11. The lowest BCUT2D eigenvalue weighted by atomic mass is 9.95. The van der Waals surface area contributed by atoms with Crippen LogP contribution in [0, 0.1) is 5.92 Å². The maximum atomic E-state index is 6.00. The van der Waals surface area contributed by atoms with E-state index in [0.717, 1.165) is 43.5 Å². The molecule has 1 aliphatic rings. The van der Waals surface area contributed by atoms with Gasteiger partial charge >= 0.3 is 0 Å². The molecule has 1 heterocycles. The second-order valence-electron chi connectivity index (χ2n) is 5.47. The predicted molar refractivity (Wildman–Crippen MR) is 81.9 cm³/mol. The van der Waals surface area contributed by atoms with E-state index < -0.39 is 0 Å². The van der Waals surface area contributed by atoms with Crippen molar-refractivity contribution in [2.75, 3.05) is 30.3 Å². The zero-order valence-electron chi connectivity index (χ0n) is 12.2. The van der Waals surface area contributed by atoms with E-state index in [0.29, 0.717) is 0 Å². The summed E-state index contributed by atoms with van der Waals surface area (Å²) in [5.41, 5.74) is 8.00. The van der Waals surface area contributed by atoms with Crippen LogP contribution in [0.25, 0.3) is 0 Å². The van der Waals surface area contributed by atoms with Gasteiger partial charge in [0.1, 0.15) is 5.75 Å². The van der Waals surface area contributed by atoms with Crippen molar-refractivity contribution in [3.05, 3.63) is 18.2 Å². The van der Waals surface area contributed by atoms with E-state index in [2.05, 4.69) is 30.9 Å². The maximum absolute atomic E-state index is 6.00. The molecule has 0 aliphatic carbocycles. The minimum absolute atomic E-state index is 0.750. The van der Waals surface area contributed by atoms with Crippen molar-refractivity contribution < 1.29 is 4.74 Å². The molecule has 1 unspecified atom stereocenters. The molecule has 1 aromatic rings. The first-order valence-corrected chi connectivity index (χ1v) is 7.51. The highest BCUT2D eigenvalue weighted by Crippen LogP contribution is 2.30. The van der Waals surface area contributed by atoms with Crippen molar-refractivity contribution in [3.8, 4) is 5.75 Å². The Morgan fingerprint density at radius 1 is 1.32 bits per heavy atom. The molecule has 2 N–H and O–H groups in total. The van der Waals surface area contributed by atoms with Gasteiger partial charge in [-0.15, -0.1) is 0 Å². The topological polar surface area (TPSA) is 38.5 Å². The first kappa shape index (κ1) is 14.0. The van der Waals surface area contributed by atoms with Crippen LogP contribution < -0.4 is 15.4 Å². The Hall–Kier alpha value is -1.38. The minimum Gasteiger partial charge on any atom is -0.493 e. The second-order valence-corrected chi connectivity index (χ2v) is 5.47. The van der Waals surface area contributed by atoms with Crippen molar-refractivity contribution >= 4 is 11.4 Å². The van der Waals surface area contributed by atoms with E-state index in [1.54, 1.807) is 0 Å². The second kappa shape index (κ2) is 6.69. The van der Waals surface area contributed by atoms with Crippen LogP contribution in [0.5, 0.6) is 5.75 Å². The summed E-state index contributed by atoms with van der Waals surface area (Å²) < 4.78 is 5.71. The lowest BCUT2D eigenvalue weighted by Crippen LogP contribution is -2.35. The summed E-state index contributed by atoms with van der Waals surface area (Å²) in [6.07, 6.45) is 4.91. The van der Waals surface area contributed by atoms with Gasteiger partial charge in [0.05, 0.1) is 6.61 Å². The van der Waals surface area contributed by atoms with Gasteiger partial charge < -0.3 is 15.4 Å². The molecule has 1 aliphatic heterocycles. The molecule has 0 spiro atoms. The predicted octanol–water partition coefficient (Wildman–Crippen LogP) is 3.68. The van der Waals surface area contributed by atoms with E-state index >= 15 is 0 Å². The molecule has 2 rings (SSSR count). The molecular formula is C16H26N2O. The summed E-state index contributed by atoms with van der Waals surface area (Å²) >= 11 is 0. The molecule has 1 fully saturated rings. The van der Waals surface area contributed by atoms with Crippen LogP contribution in [0.15, 0.2) is 18.2 Å². The summed E-state index contributed by atoms with van der Waals surface area (Å²) in [4.78, 5) is 2.45. The van der Waals surface area contributed by atoms with Crippen LogP contribution in [0.3, 0.4) is 0 Å². The Labute approximate surface area is 116 Å². The number of ether oxygens (including phenoxy) is 1. The van der Waals surface area contributed by atoms with E-state index in [1.165, 1.54) is 24.9 Å². The highest BCUT2D eigenvalue weighted by Gasteiger charge is 2.19. The molecule has 1 saturated heterocycles. The molecule has 0 saturated carbocycles. The smallest absolute Gasteiger partial charge is 0.123 e. The molecule has 19 heavy (non-hydrogen) atoms. The summed E-state index contributed by atoms with van der Waals surface area (Å²) in [5, 5.41) is 0. The van der Waals surface area contributed by atoms with Gasteiger partial charge in [-0.2, -0.15) is 0 Å². The molecule has 0 bridgehead atoms. The monoisotopic (exact) mass is 262 g/mol. The maximum Gasteiger partial charge on any atom is 0.123 e. The van der Waals surface area contributed by atoms with Gasteiger partial charge in [0, 0.05) is 36.6 Å². The first-order valence-electron chi connectivity index (χ1n) is 7.51. The number of nitrogens with two attached hydrogens (primary N) is 1. The summed E-state index contributed by atoms with van der Waals surface area (Å²) in [6, 6.07) is 6.11. The van der Waals surface area contributed by atoms with Gasteiger partial charge in [-0.25, -0.2) is 0 Å². The third kappa shape index (κ3) is 3.79. The zero-order valence-corrected chi connectivity index (χ0v) is 12.2. The van der Waals surface area contributed by atoms with E-state index in [4.69, 9.17) is 10.5 Å². The molecule has 1 aromatic carbocycles. The Kier molecular flexibility index (Phi) is 4.94. The molecule has 1 atom stereocenters. The number of nitrogens with zero attached hydrogens (tertiary/aromatic N) is 1. The fourth-order valence-electron chi connectivity index (χ4n) is 2.72. The number of nitrogen functional groups attached to an aromatic ring is 1. The average molecular weight is 262 g/mol. The van der Waals surface area contributed by atoms with Crippen LogP contribution >= 0.6 is 0 Å². The van der Waals surface area contributed by atoms with Gasteiger partial charge in [-0.3, -0.25) is 0 Å². The van der Waals surface area contributed by atoms with Gasteiger partial charge in [0.15, 0.2) is 0 Å². The lowest BCUT2D eigenvalue weighted by molar-refractivity contribution is 0.317. The normalized spacial score (nSPS) is 19.5. The number of benzene rings is 1. The van der Waals surface area contributed by atoms with Crippen molar-refractivity contribution in [2.45, 2.75) is 39.5 Å². The van der Waals surface area contributed by atoms with Gasteiger partial charge in [0.25, 0.3) is 0 Å². The SMILES string of the molecule is CCCOc1cc(N)cc(N2CCCC(CC)C2)c1. The Morgan fingerprint density at radius 3 is 2.89 bits per heavy atom. The first-order chi connectivity index (χ1) is 9.22. The van der Waals surface area contributed by atoms with Crippen LogP contribution in [0.1, 0.15) is 39.5 Å². The van der Waals surface area contributed by atoms with Gasteiger partial charge in [0.2, 0.25) is 0 Å². The molecular weight excluding hydrogens is 236 g/mol. The highest BCUT2D eigenvalue weighted by molar-refractivity contribution is 5.60. The number of hydrogen-bond donors (Lipinski definition) is 1. The van der Waals surface area contributed by atoms with Crippen LogP contribution in [0.2, 0.25) is 0 Å². The molecule has 106 valence electrons. The van der Waals surface area contributed by atoms with E-state index in [9.17, 15) is 0 Å². The summed E-state index contributed by atoms with van der Waals surface area (Å²) in [5.74, 6) is 1.71. The quantitative estimate of drug-likeness (QED) is 0.823. The lowest BCUT2D eigenvalue weighted by Gasteiger charge is -2.34. The fourth-order valence-corrected chi connectivity index (χ4v) is 2.72. The molecule has 0 aromatic heterocycles. The number of hydrogen-bond acceptors (Lipinski definition) is 3. The number of piperidine rings is 1. The summed E-state index contributed by atoms with van der Waals surface area (Å²) in [7, 11) is 0. The van der Waals surface area contributed by atoms with Crippen molar-refractivity contribution in [1.82, 2.24) is 0 Å². The molecule has 0 radical (unpaired) electrons. The Morgan fingerprint density at radius 2 is 2.16 bits per heavy atom. The highest BCUT2D eigenvalue weighted by atomic mass is 16.5. The van der Waals surface area contributed by atoms with Crippen molar-refractivity contribution in [2.24, 2.45) is 5.92 Å². The fraction of sp³-hybridized carbons (Fsp3) is 0.625. The van der Waals surface area contributed by atoms with Crippen molar-refractivity contribution in [1.29, 1.82) is 0 Å². The van der Waals surface area contributed by atoms with Crippen LogP contribution in [-0.4, -0.2) is 19.7 Å². The third-order valence-electron chi connectivity index (χ3n) is 3.85.